The predicted molar refractivity (Wildman–Crippen MR) is 194 cm³/mol. The number of fused-ring (bicyclic) bond motifs is 3. The summed E-state index contributed by atoms with van der Waals surface area (Å²) in [5, 5.41) is 24.3. The number of oxazole rings is 1. The number of nitrogens with one attached hydrogen (secondary N) is 2. The lowest BCUT2D eigenvalue weighted by atomic mass is 9.89. The fourth-order valence-corrected chi connectivity index (χ4v) is 6.42. The van der Waals surface area contributed by atoms with E-state index in [1.54, 1.807) is 48.4 Å². The maximum atomic E-state index is 14.8. The molecule has 288 valence electrons. The number of hydrogen-bond acceptors (Lipinski definition) is 11. The Morgan fingerprint density at radius 2 is 1.96 bits per heavy atom. The molecular weight excluding hydrogens is 699 g/mol. The summed E-state index contributed by atoms with van der Waals surface area (Å²) in [7, 11) is 0. The number of amides is 3. The minimum atomic E-state index is -1.50. The summed E-state index contributed by atoms with van der Waals surface area (Å²) in [6, 6.07) is 2.72. The van der Waals surface area contributed by atoms with Crippen molar-refractivity contribution in [2.24, 2.45) is 11.8 Å². The first kappa shape index (κ1) is 39.7. The highest BCUT2D eigenvalue weighted by Crippen LogP contribution is 2.27. The first-order chi connectivity index (χ1) is 26.0. The molecule has 0 aromatic carbocycles. The summed E-state index contributed by atoms with van der Waals surface area (Å²) in [5.74, 6) is -2.96. The van der Waals surface area contributed by atoms with Crippen LogP contribution in [-0.2, 0) is 32.1 Å². The topological polar surface area (TPSA) is 195 Å². The van der Waals surface area contributed by atoms with Gasteiger partial charge in [0.05, 0.1) is 25.3 Å². The fourth-order valence-electron chi connectivity index (χ4n) is 6.42. The molecule has 0 aliphatic carbocycles. The largest absolute Gasteiger partial charge is 0.460 e. The molecule has 2 aliphatic rings. The van der Waals surface area contributed by atoms with E-state index in [0.717, 1.165) is 11.8 Å². The van der Waals surface area contributed by atoms with Gasteiger partial charge in [-0.1, -0.05) is 48.9 Å². The molecule has 3 amide bonds. The van der Waals surface area contributed by atoms with Crippen molar-refractivity contribution in [1.82, 2.24) is 40.5 Å². The molecule has 5 heterocycles. The molecule has 54 heavy (non-hydrogen) atoms. The second-order valence-electron chi connectivity index (χ2n) is 13.8. The smallest absolute Gasteiger partial charge is 0.329 e. The fraction of sp³-hybridized carbons (Fsp3) is 0.474. The second-order valence-corrected chi connectivity index (χ2v) is 13.8. The zero-order valence-corrected chi connectivity index (χ0v) is 30.6. The van der Waals surface area contributed by atoms with Crippen molar-refractivity contribution in [2.45, 2.75) is 83.8 Å². The highest BCUT2D eigenvalue weighted by Gasteiger charge is 2.39. The lowest BCUT2D eigenvalue weighted by molar-refractivity contribution is -0.159. The minimum Gasteiger partial charge on any atom is -0.460 e. The molecular formula is C38H47FN8O7. The van der Waals surface area contributed by atoms with E-state index in [-0.39, 0.29) is 62.3 Å². The normalized spacial score (nSPS) is 24.0. The van der Waals surface area contributed by atoms with Gasteiger partial charge < -0.3 is 29.8 Å². The predicted octanol–water partition coefficient (Wildman–Crippen LogP) is 3.14. The third-order valence-corrected chi connectivity index (χ3v) is 9.11. The van der Waals surface area contributed by atoms with Crippen molar-refractivity contribution in [3.63, 3.8) is 0 Å². The van der Waals surface area contributed by atoms with E-state index in [4.69, 9.17) is 9.15 Å². The number of cyclic esters (lactones) is 1. The van der Waals surface area contributed by atoms with Gasteiger partial charge in [-0.05, 0) is 43.9 Å². The van der Waals surface area contributed by atoms with E-state index in [9.17, 15) is 28.7 Å². The Kier molecular flexibility index (Phi) is 14.0. The summed E-state index contributed by atoms with van der Waals surface area (Å²) in [6.45, 7) is 6.45. The summed E-state index contributed by atoms with van der Waals surface area (Å²) in [4.78, 5) is 63.0. The van der Waals surface area contributed by atoms with Crippen LogP contribution in [0.15, 0.2) is 77.4 Å². The van der Waals surface area contributed by atoms with Crippen molar-refractivity contribution < 1.29 is 37.8 Å². The standard InChI is InChI=1S/C38H47FN8O7/c1-24(2)36-27(19-34(50)42-15-17-46-22-30(44-45-46)26-10-13-40-14-11-26)8-9-33(49)41-12-4-6-25(3)18-29(48)20-28(39)21-35-43-31(23-53-35)37(51)47-16-5-7-32(47)38(52)54-36/h4,6,8-11,13-14,18,22-24,27-29,32,36,48H,5,7,12,15-17,19-21H2,1-3H3,(H,41,49)(H,42,50)/b6-4?,9-8+,25-18?/t27-,28+,29+,32+,36+/m0/s1. The third kappa shape index (κ3) is 11.2. The zero-order chi connectivity index (χ0) is 38.6. The Hall–Kier alpha value is -5.51. The Labute approximate surface area is 312 Å². The molecule has 5 rings (SSSR count). The molecule has 3 aromatic heterocycles. The van der Waals surface area contributed by atoms with Crippen LogP contribution in [0.2, 0.25) is 0 Å². The molecule has 0 unspecified atom stereocenters. The lowest BCUT2D eigenvalue weighted by Crippen LogP contribution is -2.44. The van der Waals surface area contributed by atoms with Crippen LogP contribution in [0.1, 0.15) is 62.8 Å². The number of ether oxygens (including phenoxy) is 1. The monoisotopic (exact) mass is 746 g/mol. The second kappa shape index (κ2) is 19.0. The van der Waals surface area contributed by atoms with Gasteiger partial charge in [-0.25, -0.2) is 14.2 Å². The van der Waals surface area contributed by atoms with Gasteiger partial charge in [0, 0.05) is 56.4 Å². The summed E-state index contributed by atoms with van der Waals surface area (Å²) >= 11 is 0. The van der Waals surface area contributed by atoms with E-state index in [0.29, 0.717) is 30.7 Å². The number of hydrogen-bond donors (Lipinski definition) is 3. The number of nitrogens with zero attached hydrogens (tertiary/aromatic N) is 6. The van der Waals surface area contributed by atoms with Gasteiger partial charge in [0.15, 0.2) is 11.6 Å². The van der Waals surface area contributed by atoms with Crippen LogP contribution in [0.4, 0.5) is 4.39 Å². The molecule has 2 bridgehead atoms. The maximum Gasteiger partial charge on any atom is 0.329 e. The van der Waals surface area contributed by atoms with Crippen LogP contribution in [0, 0.1) is 11.8 Å². The van der Waals surface area contributed by atoms with Crippen LogP contribution >= 0.6 is 0 Å². The van der Waals surface area contributed by atoms with Gasteiger partial charge in [-0.15, -0.1) is 5.10 Å². The summed E-state index contributed by atoms with van der Waals surface area (Å²) < 4.78 is 27.9. The highest BCUT2D eigenvalue weighted by atomic mass is 19.1. The Morgan fingerprint density at radius 1 is 1.17 bits per heavy atom. The maximum absolute atomic E-state index is 14.8. The minimum absolute atomic E-state index is 0.00475. The van der Waals surface area contributed by atoms with E-state index in [1.165, 1.54) is 17.1 Å². The Balaban J connectivity index is 1.32. The molecule has 0 saturated carbocycles. The highest BCUT2D eigenvalue weighted by molar-refractivity contribution is 5.95. The molecule has 0 spiro atoms. The number of esters is 1. The SMILES string of the molecule is CC1=C[C@@H](O)C[C@@H](F)Cc2nc(co2)C(=O)N2CCC[C@@H]2C(=O)O[C@H](C(C)C)[C@H](CC(=O)NCCn2cc(-c3ccncc3)nn2)/C=C/C(=O)NCC=C1. The number of rotatable bonds is 7. The molecule has 3 aromatic rings. The van der Waals surface area contributed by atoms with Crippen LogP contribution in [-0.4, -0.2) is 103 Å². The average molecular weight is 747 g/mol. The average Bonchev–Trinajstić information content (AvgIpc) is 3.92. The van der Waals surface area contributed by atoms with Crippen molar-refractivity contribution >= 4 is 23.7 Å². The van der Waals surface area contributed by atoms with Crippen molar-refractivity contribution in [3.8, 4) is 11.3 Å². The Morgan fingerprint density at radius 3 is 2.74 bits per heavy atom. The van der Waals surface area contributed by atoms with E-state index >= 15 is 0 Å². The van der Waals surface area contributed by atoms with Crippen LogP contribution in [0.3, 0.4) is 0 Å². The van der Waals surface area contributed by atoms with Gasteiger partial charge in [0.25, 0.3) is 5.91 Å². The van der Waals surface area contributed by atoms with Crippen molar-refractivity contribution in [3.05, 3.63) is 84.5 Å². The number of carbonyl (C=O) groups is 4. The molecule has 1 fully saturated rings. The van der Waals surface area contributed by atoms with Crippen molar-refractivity contribution in [2.75, 3.05) is 19.6 Å². The molecule has 2 aliphatic heterocycles. The van der Waals surface area contributed by atoms with E-state index < -0.39 is 48.1 Å². The molecule has 0 radical (unpaired) electrons. The first-order valence-electron chi connectivity index (χ1n) is 18.1. The quantitative estimate of drug-likeness (QED) is 0.301. The third-order valence-electron chi connectivity index (χ3n) is 9.11. The van der Waals surface area contributed by atoms with Crippen LogP contribution < -0.4 is 10.6 Å². The first-order valence-corrected chi connectivity index (χ1v) is 18.1. The molecule has 1 saturated heterocycles. The zero-order valence-electron chi connectivity index (χ0n) is 30.6. The van der Waals surface area contributed by atoms with E-state index in [1.807, 2.05) is 26.0 Å². The molecule has 5 atom stereocenters. The molecule has 16 heteroatoms. The number of allylic oxidation sites excluding steroid dienone is 2. The number of halogens is 1. The van der Waals surface area contributed by atoms with Gasteiger partial charge in [-0.2, -0.15) is 0 Å². The number of carbonyl (C=O) groups excluding carboxylic acids is 4. The van der Waals surface area contributed by atoms with E-state index in [2.05, 4.69) is 30.9 Å². The van der Waals surface area contributed by atoms with Crippen LogP contribution in [0.25, 0.3) is 11.3 Å². The number of aromatic nitrogens is 5. The molecule has 3 N–H and O–H groups in total. The van der Waals surface area contributed by atoms with Crippen LogP contribution in [0.5, 0.6) is 0 Å². The summed E-state index contributed by atoms with van der Waals surface area (Å²) in [6.07, 6.45) is 10.9. The van der Waals surface area contributed by atoms with Gasteiger partial charge in [0.1, 0.15) is 30.3 Å². The van der Waals surface area contributed by atoms with Gasteiger partial charge in [0.2, 0.25) is 11.8 Å². The summed E-state index contributed by atoms with van der Waals surface area (Å²) in [5.41, 5.74) is 2.12. The lowest BCUT2D eigenvalue weighted by Gasteiger charge is -2.30. The van der Waals surface area contributed by atoms with Crippen molar-refractivity contribution in [1.29, 1.82) is 0 Å². The number of aliphatic hydroxyl groups excluding tert-OH is 1. The number of alkyl halides is 1. The number of aliphatic hydroxyl groups is 1. The van der Waals surface area contributed by atoms with Gasteiger partial charge in [-0.3, -0.25) is 24.0 Å². The Bertz CT molecular complexity index is 1840. The number of pyridine rings is 1. The van der Waals surface area contributed by atoms with Gasteiger partial charge >= 0.3 is 5.97 Å². The molecule has 15 nitrogen and oxygen atoms in total.